The summed E-state index contributed by atoms with van der Waals surface area (Å²) < 4.78 is 0. The zero-order valence-electron chi connectivity index (χ0n) is 10.9. The molecule has 0 bridgehead atoms. The predicted octanol–water partition coefficient (Wildman–Crippen LogP) is 2.57. The van der Waals surface area contributed by atoms with Crippen LogP contribution in [0.4, 0.5) is 0 Å². The summed E-state index contributed by atoms with van der Waals surface area (Å²) in [7, 11) is 0. The van der Waals surface area contributed by atoms with E-state index in [1.54, 1.807) is 24.9 Å². The van der Waals surface area contributed by atoms with Crippen LogP contribution in [-0.2, 0) is 0 Å². The van der Waals surface area contributed by atoms with Crippen molar-refractivity contribution >= 4 is 11.8 Å². The van der Waals surface area contributed by atoms with Crippen LogP contribution in [0.1, 0.15) is 32.4 Å². The zero-order chi connectivity index (χ0) is 12.7. The van der Waals surface area contributed by atoms with Crippen LogP contribution < -0.4 is 0 Å². The Morgan fingerprint density at radius 3 is 2.71 bits per heavy atom. The van der Waals surface area contributed by atoms with E-state index in [1.165, 1.54) is 0 Å². The highest BCUT2D eigenvalue weighted by atomic mass is 32.2. The topological polar surface area (TPSA) is 36.4 Å². The number of pyridine rings is 1. The number of thioether (sulfide) groups is 1. The maximum atomic E-state index is 9.64. The van der Waals surface area contributed by atoms with Gasteiger partial charge in [0.1, 0.15) is 5.03 Å². The van der Waals surface area contributed by atoms with Gasteiger partial charge in [0.15, 0.2) is 0 Å². The summed E-state index contributed by atoms with van der Waals surface area (Å²) in [6, 6.07) is 3.81. The molecule has 0 saturated carbocycles. The van der Waals surface area contributed by atoms with Gasteiger partial charge in [0.2, 0.25) is 0 Å². The molecule has 0 aliphatic rings. The molecule has 0 radical (unpaired) electrons. The fourth-order valence-electron chi connectivity index (χ4n) is 1.65. The Kier molecular flexibility index (Phi) is 6.55. The molecule has 0 spiro atoms. The van der Waals surface area contributed by atoms with E-state index in [1.807, 2.05) is 12.1 Å². The van der Waals surface area contributed by atoms with Crippen molar-refractivity contribution in [2.24, 2.45) is 0 Å². The molecule has 0 aliphatic carbocycles. The maximum Gasteiger partial charge on any atom is 0.102 e. The molecule has 0 aromatic carbocycles. The molecule has 1 aromatic heterocycles. The summed E-state index contributed by atoms with van der Waals surface area (Å²) in [6.45, 7) is 9.37. The van der Waals surface area contributed by atoms with E-state index >= 15 is 0 Å². The van der Waals surface area contributed by atoms with Crippen LogP contribution in [0.3, 0.4) is 0 Å². The number of aliphatic hydroxyl groups is 1. The summed E-state index contributed by atoms with van der Waals surface area (Å²) in [5.74, 6) is 1.01. The first-order valence-corrected chi connectivity index (χ1v) is 7.15. The molecule has 1 atom stereocenters. The summed E-state index contributed by atoms with van der Waals surface area (Å²) in [5, 5.41) is 10.6. The van der Waals surface area contributed by atoms with Gasteiger partial charge in [0.25, 0.3) is 0 Å². The number of rotatable bonds is 7. The minimum Gasteiger partial charge on any atom is -0.389 e. The minimum atomic E-state index is -0.445. The lowest BCUT2D eigenvalue weighted by atomic mass is 10.2. The number of aromatic nitrogens is 1. The molecule has 3 nitrogen and oxygen atoms in total. The number of hydrogen-bond acceptors (Lipinski definition) is 4. The van der Waals surface area contributed by atoms with E-state index in [9.17, 15) is 5.11 Å². The van der Waals surface area contributed by atoms with Crippen molar-refractivity contribution in [2.75, 3.05) is 25.4 Å². The van der Waals surface area contributed by atoms with Crippen LogP contribution in [-0.4, -0.2) is 40.4 Å². The Bertz CT molecular complexity index is 327. The van der Waals surface area contributed by atoms with Crippen LogP contribution in [0.2, 0.25) is 0 Å². The van der Waals surface area contributed by atoms with E-state index in [0.717, 1.165) is 36.0 Å². The lowest BCUT2D eigenvalue weighted by Gasteiger charge is -2.17. The van der Waals surface area contributed by atoms with E-state index < -0.39 is 6.10 Å². The molecule has 17 heavy (non-hydrogen) atoms. The number of nitrogens with zero attached hydrogens (tertiary/aromatic N) is 2. The highest BCUT2D eigenvalue weighted by Gasteiger charge is 2.09. The average Bonchev–Trinajstić information content (AvgIpc) is 2.35. The second kappa shape index (κ2) is 7.69. The van der Waals surface area contributed by atoms with Crippen molar-refractivity contribution in [3.8, 4) is 0 Å². The molecule has 0 unspecified atom stereocenters. The summed E-state index contributed by atoms with van der Waals surface area (Å²) in [4.78, 5) is 6.72. The molecule has 1 rings (SSSR count). The minimum absolute atomic E-state index is 0.445. The van der Waals surface area contributed by atoms with Gasteiger partial charge in [0.05, 0.1) is 6.10 Å². The third-order valence-corrected chi connectivity index (χ3v) is 3.79. The van der Waals surface area contributed by atoms with E-state index in [2.05, 4.69) is 23.7 Å². The molecule has 1 N–H and O–H groups in total. The standard InChI is InChI=1S/C13H22N2OS/c1-4-15(5-2)9-10-17-13-12(11(3)16)7-6-8-14-13/h6-8,11,16H,4-5,9-10H2,1-3H3/t11-/m0/s1. The van der Waals surface area contributed by atoms with E-state index in [0.29, 0.717) is 0 Å². The smallest absolute Gasteiger partial charge is 0.102 e. The Balaban J connectivity index is 2.51. The van der Waals surface area contributed by atoms with Gasteiger partial charge < -0.3 is 10.0 Å². The molecular formula is C13H22N2OS. The molecule has 1 heterocycles. The number of hydrogen-bond donors (Lipinski definition) is 1. The first-order chi connectivity index (χ1) is 8.19. The molecule has 0 fully saturated rings. The van der Waals surface area contributed by atoms with Crippen molar-refractivity contribution in [1.82, 2.24) is 9.88 Å². The van der Waals surface area contributed by atoms with Crippen LogP contribution >= 0.6 is 11.8 Å². The van der Waals surface area contributed by atoms with Gasteiger partial charge in [-0.3, -0.25) is 0 Å². The average molecular weight is 254 g/mol. The molecule has 1 aromatic rings. The zero-order valence-corrected chi connectivity index (χ0v) is 11.7. The first kappa shape index (κ1) is 14.5. The monoisotopic (exact) mass is 254 g/mol. The third kappa shape index (κ3) is 4.66. The maximum absolute atomic E-state index is 9.64. The van der Waals surface area contributed by atoms with E-state index in [4.69, 9.17) is 0 Å². The molecular weight excluding hydrogens is 232 g/mol. The van der Waals surface area contributed by atoms with Crippen molar-refractivity contribution in [1.29, 1.82) is 0 Å². The predicted molar refractivity (Wildman–Crippen MR) is 73.4 cm³/mol. The number of aliphatic hydroxyl groups excluding tert-OH is 1. The van der Waals surface area contributed by atoms with Crippen LogP contribution in [0.25, 0.3) is 0 Å². The van der Waals surface area contributed by atoms with E-state index in [-0.39, 0.29) is 0 Å². The van der Waals surface area contributed by atoms with Crippen LogP contribution in [0, 0.1) is 0 Å². The highest BCUT2D eigenvalue weighted by Crippen LogP contribution is 2.24. The second-order valence-corrected chi connectivity index (χ2v) is 5.03. The Morgan fingerprint density at radius 1 is 1.41 bits per heavy atom. The SMILES string of the molecule is CCN(CC)CCSc1ncccc1[C@H](C)O. The molecule has 96 valence electrons. The largest absolute Gasteiger partial charge is 0.389 e. The molecule has 0 amide bonds. The Labute approximate surface area is 108 Å². The van der Waals surface area contributed by atoms with Gasteiger partial charge in [0, 0.05) is 24.1 Å². The van der Waals surface area contributed by atoms with Gasteiger partial charge in [-0.1, -0.05) is 19.9 Å². The van der Waals surface area contributed by atoms with Crippen LogP contribution in [0.5, 0.6) is 0 Å². The summed E-state index contributed by atoms with van der Waals surface area (Å²) >= 11 is 1.72. The lowest BCUT2D eigenvalue weighted by molar-refractivity contribution is 0.195. The lowest BCUT2D eigenvalue weighted by Crippen LogP contribution is -2.25. The van der Waals surface area contributed by atoms with Gasteiger partial charge >= 0.3 is 0 Å². The summed E-state index contributed by atoms with van der Waals surface area (Å²) in [6.07, 6.45) is 1.34. The third-order valence-electron chi connectivity index (χ3n) is 2.79. The second-order valence-electron chi connectivity index (χ2n) is 3.95. The molecule has 0 aliphatic heterocycles. The fraction of sp³-hybridized carbons (Fsp3) is 0.615. The highest BCUT2D eigenvalue weighted by molar-refractivity contribution is 7.99. The Hall–Kier alpha value is -0.580. The van der Waals surface area contributed by atoms with Crippen molar-refractivity contribution in [3.05, 3.63) is 23.9 Å². The van der Waals surface area contributed by atoms with Crippen molar-refractivity contribution in [3.63, 3.8) is 0 Å². The summed E-state index contributed by atoms with van der Waals surface area (Å²) in [5.41, 5.74) is 0.928. The van der Waals surface area contributed by atoms with Crippen molar-refractivity contribution in [2.45, 2.75) is 31.9 Å². The van der Waals surface area contributed by atoms with Gasteiger partial charge in [-0.05, 0) is 26.1 Å². The van der Waals surface area contributed by atoms with Crippen molar-refractivity contribution < 1.29 is 5.11 Å². The Morgan fingerprint density at radius 2 is 2.12 bits per heavy atom. The first-order valence-electron chi connectivity index (χ1n) is 6.17. The van der Waals surface area contributed by atoms with Gasteiger partial charge in [-0.2, -0.15) is 0 Å². The van der Waals surface area contributed by atoms with Gasteiger partial charge in [-0.15, -0.1) is 11.8 Å². The fourth-order valence-corrected chi connectivity index (χ4v) is 2.74. The quantitative estimate of drug-likeness (QED) is 0.759. The van der Waals surface area contributed by atoms with Crippen LogP contribution in [0.15, 0.2) is 23.4 Å². The molecule has 0 saturated heterocycles. The normalized spacial score (nSPS) is 13.0. The molecule has 4 heteroatoms. The van der Waals surface area contributed by atoms with Gasteiger partial charge in [-0.25, -0.2) is 4.98 Å².